The summed E-state index contributed by atoms with van der Waals surface area (Å²) >= 11 is 0. The van der Waals surface area contributed by atoms with E-state index >= 15 is 0 Å². The van der Waals surface area contributed by atoms with E-state index < -0.39 is 28.1 Å². The Labute approximate surface area is 145 Å². The smallest absolute Gasteiger partial charge is 0.407 e. The van der Waals surface area contributed by atoms with Crippen LogP contribution < -0.4 is 10.6 Å². The minimum atomic E-state index is -0.877. The number of anilines is 1. The number of hydrogen-bond acceptors (Lipinski definition) is 6. The summed E-state index contributed by atoms with van der Waals surface area (Å²) in [5, 5.41) is 25.1. The first-order valence-corrected chi connectivity index (χ1v) is 7.65. The molecule has 25 heavy (non-hydrogen) atoms. The monoisotopic (exact) mass is 352 g/mol. The Kier molecular flexibility index (Phi) is 6.68. The maximum Gasteiger partial charge on any atom is 0.407 e. The zero-order valence-electron chi connectivity index (χ0n) is 14.6. The highest BCUT2D eigenvalue weighted by atomic mass is 19.1. The van der Waals surface area contributed by atoms with E-state index in [0.29, 0.717) is 6.42 Å². The van der Waals surface area contributed by atoms with Crippen molar-refractivity contribution in [3.8, 4) is 6.07 Å². The molecule has 0 unspecified atom stereocenters. The third kappa shape index (κ3) is 6.63. The predicted octanol–water partition coefficient (Wildman–Crippen LogP) is 3.32. The molecule has 0 bridgehead atoms. The van der Waals surface area contributed by atoms with Gasteiger partial charge in [-0.15, -0.1) is 0 Å². The maximum absolute atomic E-state index is 14.0. The van der Waals surface area contributed by atoms with Crippen LogP contribution in [0.25, 0.3) is 0 Å². The molecule has 0 aliphatic rings. The predicted molar refractivity (Wildman–Crippen MR) is 89.7 cm³/mol. The van der Waals surface area contributed by atoms with Crippen LogP contribution in [-0.2, 0) is 4.74 Å². The number of nitriles is 1. The number of amides is 1. The number of nitrogens with one attached hydrogen (secondary N) is 2. The lowest BCUT2D eigenvalue weighted by Gasteiger charge is -2.20. The summed E-state index contributed by atoms with van der Waals surface area (Å²) in [6.07, 6.45) is -0.189. The number of hydrogen-bond donors (Lipinski definition) is 2. The molecule has 0 aromatic heterocycles. The van der Waals surface area contributed by atoms with Crippen molar-refractivity contribution in [1.29, 1.82) is 5.26 Å². The summed E-state index contributed by atoms with van der Waals surface area (Å²) in [5.74, 6) is -0.877. The molecule has 0 spiro atoms. The second kappa shape index (κ2) is 8.28. The van der Waals surface area contributed by atoms with Gasteiger partial charge in [0.15, 0.2) is 5.82 Å². The van der Waals surface area contributed by atoms with Gasteiger partial charge in [-0.25, -0.2) is 9.18 Å². The minimum Gasteiger partial charge on any atom is -0.444 e. The SMILES string of the molecule is C[C@H](CCNC(=O)OC(C)(C)C)Nc1c(F)cc(C#N)cc1[N+](=O)[O-]. The van der Waals surface area contributed by atoms with Crippen LogP contribution in [-0.4, -0.2) is 29.2 Å². The van der Waals surface area contributed by atoms with Gasteiger partial charge in [0.05, 0.1) is 16.6 Å². The molecular weight excluding hydrogens is 331 g/mol. The fraction of sp³-hybridized carbons (Fsp3) is 0.500. The van der Waals surface area contributed by atoms with E-state index in [2.05, 4.69) is 10.6 Å². The van der Waals surface area contributed by atoms with Crippen molar-refractivity contribution in [1.82, 2.24) is 5.32 Å². The van der Waals surface area contributed by atoms with Gasteiger partial charge < -0.3 is 15.4 Å². The second-order valence-electron chi connectivity index (χ2n) is 6.48. The van der Waals surface area contributed by atoms with Gasteiger partial charge in [-0.3, -0.25) is 10.1 Å². The summed E-state index contributed by atoms with van der Waals surface area (Å²) < 4.78 is 19.1. The molecule has 0 aliphatic heterocycles. The first-order chi connectivity index (χ1) is 11.5. The number of halogens is 1. The molecule has 1 atom stereocenters. The van der Waals surface area contributed by atoms with E-state index in [0.717, 1.165) is 12.1 Å². The van der Waals surface area contributed by atoms with Crippen molar-refractivity contribution in [2.24, 2.45) is 0 Å². The van der Waals surface area contributed by atoms with Crippen LogP contribution in [0.15, 0.2) is 12.1 Å². The zero-order valence-corrected chi connectivity index (χ0v) is 14.6. The summed E-state index contributed by atoms with van der Waals surface area (Å²) in [5.41, 5.74) is -1.54. The first-order valence-electron chi connectivity index (χ1n) is 7.65. The fourth-order valence-corrected chi connectivity index (χ4v) is 1.97. The van der Waals surface area contributed by atoms with Gasteiger partial charge >= 0.3 is 6.09 Å². The summed E-state index contributed by atoms with van der Waals surface area (Å²) in [4.78, 5) is 21.9. The molecule has 0 radical (unpaired) electrons. The van der Waals surface area contributed by atoms with Crippen molar-refractivity contribution in [3.05, 3.63) is 33.6 Å². The van der Waals surface area contributed by atoms with E-state index in [1.165, 1.54) is 0 Å². The number of nitrogens with zero attached hydrogens (tertiary/aromatic N) is 2. The Morgan fingerprint density at radius 1 is 1.48 bits per heavy atom. The van der Waals surface area contributed by atoms with Gasteiger partial charge in [0.1, 0.15) is 11.3 Å². The quantitative estimate of drug-likeness (QED) is 0.599. The molecule has 0 aliphatic carbocycles. The number of ether oxygens (including phenoxy) is 1. The van der Waals surface area contributed by atoms with Crippen LogP contribution >= 0.6 is 0 Å². The molecule has 0 fully saturated rings. The van der Waals surface area contributed by atoms with Crippen LogP contribution in [0.2, 0.25) is 0 Å². The van der Waals surface area contributed by atoms with E-state index in [-0.39, 0.29) is 23.8 Å². The highest BCUT2D eigenvalue weighted by Gasteiger charge is 2.22. The van der Waals surface area contributed by atoms with Gasteiger partial charge in [0.25, 0.3) is 5.69 Å². The van der Waals surface area contributed by atoms with Gasteiger partial charge in [0, 0.05) is 18.7 Å². The molecule has 1 aromatic rings. The lowest BCUT2D eigenvalue weighted by atomic mass is 10.1. The average molecular weight is 352 g/mol. The number of benzene rings is 1. The minimum absolute atomic E-state index is 0.131. The number of alkyl carbamates (subject to hydrolysis) is 1. The first kappa shape index (κ1) is 20.2. The highest BCUT2D eigenvalue weighted by molar-refractivity contribution is 5.67. The molecule has 1 amide bonds. The standard InChI is InChI=1S/C16H21FN4O4/c1-10(5-6-19-15(22)25-16(2,3)4)20-14-12(17)7-11(9-18)8-13(14)21(23)24/h7-8,10,20H,5-6H2,1-4H3,(H,19,22)/t10-/m1/s1. The molecule has 0 heterocycles. The Bertz CT molecular complexity index is 695. The summed E-state index contributed by atoms with van der Waals surface area (Å²) in [7, 11) is 0. The summed E-state index contributed by atoms with van der Waals surface area (Å²) in [6.45, 7) is 7.16. The third-order valence-corrected chi connectivity index (χ3v) is 3.03. The van der Waals surface area contributed by atoms with E-state index in [9.17, 15) is 19.3 Å². The molecule has 9 heteroatoms. The Morgan fingerprint density at radius 3 is 2.64 bits per heavy atom. The van der Waals surface area contributed by atoms with Gasteiger partial charge in [0.2, 0.25) is 0 Å². The molecular formula is C16H21FN4O4. The number of carbonyl (C=O) groups is 1. The molecule has 2 N–H and O–H groups in total. The zero-order chi connectivity index (χ0) is 19.2. The third-order valence-electron chi connectivity index (χ3n) is 3.03. The van der Waals surface area contributed by atoms with Crippen molar-refractivity contribution in [2.75, 3.05) is 11.9 Å². The number of rotatable bonds is 6. The van der Waals surface area contributed by atoms with Crippen LogP contribution in [0.3, 0.4) is 0 Å². The van der Waals surface area contributed by atoms with Crippen molar-refractivity contribution >= 4 is 17.5 Å². The van der Waals surface area contributed by atoms with Crippen molar-refractivity contribution in [3.63, 3.8) is 0 Å². The van der Waals surface area contributed by atoms with Crippen LogP contribution in [0.1, 0.15) is 39.7 Å². The van der Waals surface area contributed by atoms with Gasteiger partial charge in [-0.05, 0) is 40.2 Å². The molecule has 1 rings (SSSR count). The molecule has 0 saturated heterocycles. The number of nitro groups is 1. The summed E-state index contributed by atoms with van der Waals surface area (Å²) in [6, 6.07) is 3.25. The normalized spacial score (nSPS) is 12.0. The molecule has 0 saturated carbocycles. The largest absolute Gasteiger partial charge is 0.444 e. The second-order valence-corrected chi connectivity index (χ2v) is 6.48. The van der Waals surface area contributed by atoms with Crippen molar-refractivity contribution in [2.45, 2.75) is 45.8 Å². The number of nitro benzene ring substituents is 1. The average Bonchev–Trinajstić information content (AvgIpc) is 2.46. The van der Waals surface area contributed by atoms with E-state index in [1.807, 2.05) is 0 Å². The molecule has 136 valence electrons. The van der Waals surface area contributed by atoms with E-state index in [4.69, 9.17) is 10.00 Å². The van der Waals surface area contributed by atoms with Gasteiger partial charge in [-0.2, -0.15) is 5.26 Å². The fourth-order valence-electron chi connectivity index (χ4n) is 1.97. The van der Waals surface area contributed by atoms with Crippen LogP contribution in [0, 0.1) is 27.3 Å². The Hall–Kier alpha value is -2.89. The topological polar surface area (TPSA) is 117 Å². The lowest BCUT2D eigenvalue weighted by molar-refractivity contribution is -0.384. The number of carbonyl (C=O) groups excluding carboxylic acids is 1. The highest BCUT2D eigenvalue weighted by Crippen LogP contribution is 2.29. The maximum atomic E-state index is 14.0. The van der Waals surface area contributed by atoms with Crippen LogP contribution in [0.4, 0.5) is 20.6 Å². The van der Waals surface area contributed by atoms with Crippen molar-refractivity contribution < 1.29 is 18.8 Å². The van der Waals surface area contributed by atoms with E-state index in [1.54, 1.807) is 33.8 Å². The Balaban J connectivity index is 2.69. The Morgan fingerprint density at radius 2 is 2.12 bits per heavy atom. The lowest BCUT2D eigenvalue weighted by Crippen LogP contribution is -2.34. The van der Waals surface area contributed by atoms with Gasteiger partial charge in [-0.1, -0.05) is 0 Å². The molecule has 8 nitrogen and oxygen atoms in total. The molecule has 1 aromatic carbocycles. The van der Waals surface area contributed by atoms with Crippen LogP contribution in [0.5, 0.6) is 0 Å².